The maximum absolute atomic E-state index is 16.0. The van der Waals surface area contributed by atoms with Crippen molar-refractivity contribution in [1.29, 1.82) is 0 Å². The van der Waals surface area contributed by atoms with Crippen molar-refractivity contribution in [3.63, 3.8) is 0 Å². The normalized spacial score (nSPS) is 12.0. The fourth-order valence-corrected chi connectivity index (χ4v) is 14.3. The summed E-state index contributed by atoms with van der Waals surface area (Å²) in [5, 5.41) is 11.3. The predicted molar refractivity (Wildman–Crippen MR) is 317 cm³/mol. The van der Waals surface area contributed by atoms with E-state index in [2.05, 4.69) is 182 Å². The minimum absolute atomic E-state index is 0.615. The van der Waals surface area contributed by atoms with Crippen LogP contribution in [0.15, 0.2) is 261 Å². The molecule has 354 valence electrons. The summed E-state index contributed by atoms with van der Waals surface area (Å²) in [6, 6.07) is 90.2. The molecular weight excluding hydrogens is 944 g/mol. The molecule has 0 aliphatic carbocycles. The van der Waals surface area contributed by atoms with Crippen LogP contribution in [-0.4, -0.2) is 19.9 Å². The van der Waals surface area contributed by atoms with Crippen LogP contribution in [0.1, 0.15) is 0 Å². The van der Waals surface area contributed by atoms with Gasteiger partial charge in [-0.1, -0.05) is 224 Å². The summed E-state index contributed by atoms with van der Waals surface area (Å²) < 4.78 is 16.0. The van der Waals surface area contributed by atoms with E-state index in [4.69, 9.17) is 19.9 Å². The number of benzene rings is 13. The molecule has 2 heterocycles. The zero-order chi connectivity index (χ0) is 50.3. The smallest absolute Gasteiger partial charge is 0.171 e. The lowest BCUT2D eigenvalue weighted by Crippen LogP contribution is -2.25. The summed E-state index contributed by atoms with van der Waals surface area (Å²) in [7, 11) is -3.37. The third-order valence-corrected chi connectivity index (χ3v) is 18.4. The first kappa shape index (κ1) is 43.9. The Morgan fingerprint density at radius 3 is 0.789 bits per heavy atom. The first-order chi connectivity index (χ1) is 37.5. The molecule has 13 aromatic carbocycles. The highest BCUT2D eigenvalue weighted by atomic mass is 31.2. The molecule has 6 heteroatoms. The lowest BCUT2D eigenvalue weighted by Gasteiger charge is -2.21. The van der Waals surface area contributed by atoms with Crippen molar-refractivity contribution >= 4 is 88.2 Å². The van der Waals surface area contributed by atoms with Gasteiger partial charge in [-0.05, 0) is 102 Å². The molecule has 0 atom stereocenters. The molecule has 0 saturated heterocycles. The van der Waals surface area contributed by atoms with E-state index in [0.29, 0.717) is 11.6 Å². The van der Waals surface area contributed by atoms with E-state index >= 15 is 4.57 Å². The molecule has 0 amide bonds. The Morgan fingerprint density at radius 2 is 0.500 bits per heavy atom. The number of nitrogens with zero attached hydrogens (tertiary/aromatic N) is 4. The van der Waals surface area contributed by atoms with E-state index < -0.39 is 7.14 Å². The molecule has 76 heavy (non-hydrogen) atoms. The zero-order valence-corrected chi connectivity index (χ0v) is 41.9. The van der Waals surface area contributed by atoms with Gasteiger partial charge < -0.3 is 4.57 Å². The maximum Gasteiger partial charge on any atom is 0.171 e. The fraction of sp³-hybridized carbons (Fsp3) is 0. The maximum atomic E-state index is 16.0. The highest BCUT2D eigenvalue weighted by Gasteiger charge is 2.30. The van der Waals surface area contributed by atoms with Crippen LogP contribution >= 0.6 is 7.14 Å². The molecule has 15 rings (SSSR count). The second-order valence-electron chi connectivity index (χ2n) is 19.6. The largest absolute Gasteiger partial charge is 0.309 e. The summed E-state index contributed by atoms with van der Waals surface area (Å²) >= 11 is 0. The van der Waals surface area contributed by atoms with Crippen molar-refractivity contribution in [2.45, 2.75) is 0 Å². The van der Waals surface area contributed by atoms with Crippen molar-refractivity contribution in [2.24, 2.45) is 0 Å². The van der Waals surface area contributed by atoms with E-state index in [1.165, 1.54) is 43.8 Å². The molecular formula is C70H43N4OP. The highest BCUT2D eigenvalue weighted by molar-refractivity contribution is 7.85. The van der Waals surface area contributed by atoms with Crippen molar-refractivity contribution in [3.8, 4) is 67.3 Å². The summed E-state index contributed by atoms with van der Waals surface area (Å²) in [6.07, 6.45) is 0. The van der Waals surface area contributed by atoms with E-state index in [-0.39, 0.29) is 0 Å². The Labute approximate surface area is 438 Å². The molecule has 0 saturated carbocycles. The molecule has 0 aliphatic rings. The van der Waals surface area contributed by atoms with Gasteiger partial charge in [0.15, 0.2) is 18.8 Å². The van der Waals surface area contributed by atoms with Crippen LogP contribution < -0.4 is 15.9 Å². The van der Waals surface area contributed by atoms with E-state index in [1.807, 2.05) is 78.9 Å². The Bertz CT molecular complexity index is 4230. The van der Waals surface area contributed by atoms with E-state index in [0.717, 1.165) is 92.9 Å². The minimum atomic E-state index is -3.37. The van der Waals surface area contributed by atoms with Gasteiger partial charge in [-0.2, -0.15) is 0 Å². The van der Waals surface area contributed by atoms with Gasteiger partial charge >= 0.3 is 0 Å². The summed E-state index contributed by atoms with van der Waals surface area (Å²) in [4.78, 5) is 20.9. The third kappa shape index (κ3) is 6.97. The van der Waals surface area contributed by atoms with E-state index in [9.17, 15) is 0 Å². The van der Waals surface area contributed by atoms with Gasteiger partial charge in [0.25, 0.3) is 0 Å². The average Bonchev–Trinajstić information content (AvgIpc) is 3.63. The van der Waals surface area contributed by atoms with Crippen LogP contribution in [0, 0.1) is 0 Å². The quantitative estimate of drug-likeness (QED) is 0.106. The molecule has 0 aliphatic heterocycles. The number of hydrogen-bond acceptors (Lipinski definition) is 5. The lowest BCUT2D eigenvalue weighted by molar-refractivity contribution is 0.592. The third-order valence-electron chi connectivity index (χ3n) is 15.3. The number of rotatable bonds is 9. The molecule has 0 fully saturated rings. The van der Waals surface area contributed by atoms with Crippen molar-refractivity contribution < 1.29 is 4.57 Å². The number of aromatic nitrogens is 4. The standard InChI is InChI=1S/C70H43N4OP/c75-76(50-24-14-5-15-25-50,51-30-26-48(27-31-51)69-71-61-38-34-53-57(44-16-6-1-7-17-44)42-58(45-18-8-2-9-19-45)54-35-39-62(72-69)67(61)65(53)54)52-32-28-49(29-33-52)70-73-63-40-36-55-59(46-20-10-3-11-21-46)43-60(47-22-12-4-13-23-47)56-37-41-64(74-70)68(63)66(55)56/h1-43H. The van der Waals surface area contributed by atoms with E-state index in [1.54, 1.807) is 0 Å². The summed E-state index contributed by atoms with van der Waals surface area (Å²) in [5.41, 5.74) is 14.6. The Balaban J connectivity index is 0.803. The Hall–Kier alpha value is -9.67. The Morgan fingerprint density at radius 1 is 0.237 bits per heavy atom. The van der Waals surface area contributed by atoms with Crippen LogP contribution in [0.3, 0.4) is 0 Å². The molecule has 0 unspecified atom stereocenters. The highest BCUT2D eigenvalue weighted by Crippen LogP contribution is 2.47. The van der Waals surface area contributed by atoms with Gasteiger partial charge in [-0.15, -0.1) is 0 Å². The second-order valence-corrected chi connectivity index (χ2v) is 22.3. The molecule has 5 nitrogen and oxygen atoms in total. The first-order valence-electron chi connectivity index (χ1n) is 25.6. The van der Waals surface area contributed by atoms with Gasteiger partial charge in [0.2, 0.25) is 0 Å². The summed E-state index contributed by atoms with van der Waals surface area (Å²) in [6.45, 7) is 0. The van der Waals surface area contributed by atoms with Gasteiger partial charge in [0, 0.05) is 48.6 Å². The lowest BCUT2D eigenvalue weighted by atomic mass is 9.87. The van der Waals surface area contributed by atoms with Crippen LogP contribution in [0.25, 0.3) is 132 Å². The fourth-order valence-electron chi connectivity index (χ4n) is 11.7. The molecule has 0 spiro atoms. The molecule has 2 aromatic heterocycles. The van der Waals surface area contributed by atoms with Gasteiger partial charge in [-0.3, -0.25) is 0 Å². The topological polar surface area (TPSA) is 68.6 Å². The molecule has 15 aromatic rings. The second kappa shape index (κ2) is 17.5. The van der Waals surface area contributed by atoms with Crippen LogP contribution in [0.4, 0.5) is 0 Å². The first-order valence-corrected chi connectivity index (χ1v) is 27.3. The SMILES string of the molecule is O=P(c1ccccc1)(c1ccc(-c2nc3ccc4c(-c5ccccc5)cc(-c5ccccc5)c5ccc(n2)c3c45)cc1)c1ccc(-c2nc3ccc4c(-c5ccccc5)cc(-c5ccccc5)c5ccc(n2)c3c45)cc1. The van der Waals surface area contributed by atoms with Crippen molar-refractivity contribution in [1.82, 2.24) is 19.9 Å². The minimum Gasteiger partial charge on any atom is -0.309 e. The van der Waals surface area contributed by atoms with Gasteiger partial charge in [0.1, 0.15) is 0 Å². The average molecular weight is 987 g/mol. The Kier molecular flexibility index (Phi) is 10.1. The van der Waals surface area contributed by atoms with Crippen LogP contribution in [0.5, 0.6) is 0 Å². The van der Waals surface area contributed by atoms with Gasteiger partial charge in [-0.25, -0.2) is 19.9 Å². The zero-order valence-electron chi connectivity index (χ0n) is 41.0. The van der Waals surface area contributed by atoms with Crippen LogP contribution in [-0.2, 0) is 4.57 Å². The van der Waals surface area contributed by atoms with Crippen LogP contribution in [0.2, 0.25) is 0 Å². The number of hydrogen-bond donors (Lipinski definition) is 0. The van der Waals surface area contributed by atoms with Gasteiger partial charge in [0.05, 0.1) is 22.1 Å². The summed E-state index contributed by atoms with van der Waals surface area (Å²) in [5.74, 6) is 1.23. The molecule has 0 radical (unpaired) electrons. The van der Waals surface area contributed by atoms with Crippen molar-refractivity contribution in [3.05, 3.63) is 261 Å². The monoisotopic (exact) mass is 986 g/mol. The predicted octanol–water partition coefficient (Wildman–Crippen LogP) is 16.7. The molecule has 0 bridgehead atoms. The molecule has 0 N–H and O–H groups in total. The van der Waals surface area contributed by atoms with Crippen molar-refractivity contribution in [2.75, 3.05) is 0 Å².